The van der Waals surface area contributed by atoms with Crippen molar-refractivity contribution in [1.29, 1.82) is 0 Å². The lowest BCUT2D eigenvalue weighted by atomic mass is 9.81. The molecule has 0 bridgehead atoms. The first-order valence-electron chi connectivity index (χ1n) is 6.77. The lowest BCUT2D eigenvalue weighted by Crippen LogP contribution is -2.41. The Balaban J connectivity index is 1.87. The maximum Gasteiger partial charge on any atom is 0.306 e. The van der Waals surface area contributed by atoms with E-state index in [0.29, 0.717) is 38.3 Å². The van der Waals surface area contributed by atoms with Gasteiger partial charge < -0.3 is 15.1 Å². The van der Waals surface area contributed by atoms with Crippen LogP contribution >= 0.6 is 0 Å². The molecule has 2 rings (SSSR count). The summed E-state index contributed by atoms with van der Waals surface area (Å²) in [6, 6.07) is 0.321. The second kappa shape index (κ2) is 5.69. The number of nitrogens with zero attached hydrogens (tertiary/aromatic N) is 1. The molecule has 102 valence electrons. The van der Waals surface area contributed by atoms with Gasteiger partial charge in [-0.3, -0.25) is 9.59 Å². The Morgan fingerprint density at radius 2 is 1.56 bits per heavy atom. The van der Waals surface area contributed by atoms with Crippen LogP contribution in [0.15, 0.2) is 0 Å². The number of carbonyl (C=O) groups excluding carboxylic acids is 1. The summed E-state index contributed by atoms with van der Waals surface area (Å²) in [6.45, 7) is 0.426. The van der Waals surface area contributed by atoms with Gasteiger partial charge in [0.05, 0.1) is 12.5 Å². The van der Waals surface area contributed by atoms with E-state index in [1.165, 1.54) is 0 Å². The molecule has 0 aromatic carbocycles. The fraction of sp³-hybridized carbons (Fsp3) is 0.846. The first-order valence-corrected chi connectivity index (χ1v) is 6.77. The van der Waals surface area contributed by atoms with E-state index < -0.39 is 5.97 Å². The van der Waals surface area contributed by atoms with E-state index in [9.17, 15) is 9.59 Å². The van der Waals surface area contributed by atoms with Gasteiger partial charge in [0.25, 0.3) is 0 Å². The molecule has 5 heteroatoms. The highest BCUT2D eigenvalue weighted by Gasteiger charge is 2.37. The summed E-state index contributed by atoms with van der Waals surface area (Å²) in [6.07, 6.45) is 4.62. The third-order valence-electron chi connectivity index (χ3n) is 4.04. The molecular formula is C13H21NO4. The highest BCUT2D eigenvalue weighted by atomic mass is 16.4. The number of aliphatic carboxylic acids is 1. The van der Waals surface area contributed by atoms with Gasteiger partial charge in [-0.15, -0.1) is 0 Å². The number of hydrogen-bond donors (Lipinski definition) is 2. The number of carbonyl (C=O) groups is 2. The van der Waals surface area contributed by atoms with Gasteiger partial charge in [-0.2, -0.15) is 0 Å². The number of carboxylic acid groups (broad SMARTS) is 1. The minimum atomic E-state index is -0.740. The Hall–Kier alpha value is -1.10. The molecule has 0 spiro atoms. The van der Waals surface area contributed by atoms with E-state index in [-0.39, 0.29) is 24.3 Å². The van der Waals surface area contributed by atoms with Gasteiger partial charge in [0, 0.05) is 18.5 Å². The van der Waals surface area contributed by atoms with Crippen LogP contribution in [-0.4, -0.2) is 46.2 Å². The molecule has 2 N–H and O–H groups in total. The first-order chi connectivity index (χ1) is 8.63. The molecule has 5 nitrogen and oxygen atoms in total. The molecule has 0 aromatic heterocycles. The molecule has 2 aliphatic carbocycles. The molecule has 0 atom stereocenters. The number of carboxylic acids is 1. The summed E-state index contributed by atoms with van der Waals surface area (Å²) < 4.78 is 0. The topological polar surface area (TPSA) is 77.8 Å². The van der Waals surface area contributed by atoms with E-state index >= 15 is 0 Å². The van der Waals surface area contributed by atoms with Crippen LogP contribution in [0.25, 0.3) is 0 Å². The van der Waals surface area contributed by atoms with Crippen LogP contribution in [0.4, 0.5) is 0 Å². The Morgan fingerprint density at radius 1 is 1.00 bits per heavy atom. The zero-order chi connectivity index (χ0) is 13.1. The van der Waals surface area contributed by atoms with Crippen molar-refractivity contribution in [2.75, 3.05) is 13.2 Å². The predicted molar refractivity (Wildman–Crippen MR) is 64.9 cm³/mol. The largest absolute Gasteiger partial charge is 0.481 e. The fourth-order valence-electron chi connectivity index (χ4n) is 2.79. The predicted octanol–water partition coefficient (Wildman–Crippen LogP) is 0.861. The lowest BCUT2D eigenvalue weighted by Gasteiger charge is -2.30. The average Bonchev–Trinajstić information content (AvgIpc) is 3.19. The molecular weight excluding hydrogens is 234 g/mol. The van der Waals surface area contributed by atoms with Crippen molar-refractivity contribution in [2.24, 2.45) is 11.8 Å². The van der Waals surface area contributed by atoms with Gasteiger partial charge in [0.1, 0.15) is 0 Å². The molecule has 0 unspecified atom stereocenters. The maximum absolute atomic E-state index is 12.3. The van der Waals surface area contributed by atoms with Crippen LogP contribution < -0.4 is 0 Å². The zero-order valence-electron chi connectivity index (χ0n) is 10.5. The van der Waals surface area contributed by atoms with Crippen LogP contribution in [0.1, 0.15) is 38.5 Å². The fourth-order valence-corrected chi connectivity index (χ4v) is 2.79. The third-order valence-corrected chi connectivity index (χ3v) is 4.04. The van der Waals surface area contributed by atoms with Crippen molar-refractivity contribution < 1.29 is 19.8 Å². The number of aliphatic hydroxyl groups is 1. The second-order valence-corrected chi connectivity index (χ2v) is 5.37. The van der Waals surface area contributed by atoms with Crippen LogP contribution in [0.2, 0.25) is 0 Å². The van der Waals surface area contributed by atoms with Gasteiger partial charge in [-0.1, -0.05) is 0 Å². The highest BCUT2D eigenvalue weighted by Crippen LogP contribution is 2.33. The van der Waals surface area contributed by atoms with Crippen molar-refractivity contribution >= 4 is 11.9 Å². The van der Waals surface area contributed by atoms with E-state index in [0.717, 1.165) is 12.8 Å². The quantitative estimate of drug-likeness (QED) is 0.764. The molecule has 1 amide bonds. The van der Waals surface area contributed by atoms with Crippen molar-refractivity contribution in [2.45, 2.75) is 44.6 Å². The summed E-state index contributed by atoms with van der Waals surface area (Å²) in [4.78, 5) is 25.0. The summed E-state index contributed by atoms with van der Waals surface area (Å²) in [5.41, 5.74) is 0. The van der Waals surface area contributed by atoms with E-state index in [2.05, 4.69) is 0 Å². The van der Waals surface area contributed by atoms with Crippen LogP contribution in [0, 0.1) is 11.8 Å². The number of hydrogen-bond acceptors (Lipinski definition) is 3. The lowest BCUT2D eigenvalue weighted by molar-refractivity contribution is -0.146. The zero-order valence-corrected chi connectivity index (χ0v) is 10.5. The Kier molecular flexibility index (Phi) is 4.22. The first kappa shape index (κ1) is 13.3. The SMILES string of the molecule is O=C(O)C1CCC(C(=O)N(CCO)C2CC2)CC1. The monoisotopic (exact) mass is 255 g/mol. The molecule has 0 radical (unpaired) electrons. The Morgan fingerprint density at radius 3 is 2.00 bits per heavy atom. The standard InChI is InChI=1S/C13H21NO4/c15-8-7-14(11-5-6-11)12(16)9-1-3-10(4-2-9)13(17)18/h9-11,15H,1-8H2,(H,17,18). The smallest absolute Gasteiger partial charge is 0.306 e. The van der Waals surface area contributed by atoms with E-state index in [1.807, 2.05) is 0 Å². The summed E-state index contributed by atoms with van der Waals surface area (Å²) in [7, 11) is 0. The van der Waals surface area contributed by atoms with Gasteiger partial charge in [0.15, 0.2) is 0 Å². The molecule has 0 saturated heterocycles. The minimum absolute atomic E-state index is 0.00666. The maximum atomic E-state index is 12.3. The minimum Gasteiger partial charge on any atom is -0.481 e. The van der Waals surface area contributed by atoms with Crippen molar-refractivity contribution in [3.8, 4) is 0 Å². The van der Waals surface area contributed by atoms with Gasteiger partial charge in [-0.05, 0) is 38.5 Å². The highest BCUT2D eigenvalue weighted by molar-refractivity contribution is 5.80. The second-order valence-electron chi connectivity index (χ2n) is 5.37. The third kappa shape index (κ3) is 3.02. The van der Waals surface area contributed by atoms with E-state index in [4.69, 9.17) is 10.2 Å². The average molecular weight is 255 g/mol. The van der Waals surface area contributed by atoms with Crippen molar-refractivity contribution in [1.82, 2.24) is 4.90 Å². The molecule has 0 aliphatic heterocycles. The van der Waals surface area contributed by atoms with Gasteiger partial charge in [-0.25, -0.2) is 0 Å². The molecule has 2 aliphatic rings. The summed E-state index contributed by atoms with van der Waals surface area (Å²) in [5.74, 6) is -0.931. The number of aliphatic hydroxyl groups excluding tert-OH is 1. The van der Waals surface area contributed by atoms with E-state index in [1.54, 1.807) is 4.90 Å². The number of rotatable bonds is 5. The Bertz CT molecular complexity index is 319. The normalized spacial score (nSPS) is 27.8. The van der Waals surface area contributed by atoms with Crippen LogP contribution in [-0.2, 0) is 9.59 Å². The van der Waals surface area contributed by atoms with Crippen LogP contribution in [0.3, 0.4) is 0 Å². The molecule has 2 fully saturated rings. The molecule has 18 heavy (non-hydrogen) atoms. The van der Waals surface area contributed by atoms with Gasteiger partial charge >= 0.3 is 5.97 Å². The Labute approximate surface area is 107 Å². The van der Waals surface area contributed by atoms with Crippen molar-refractivity contribution in [3.05, 3.63) is 0 Å². The van der Waals surface area contributed by atoms with Crippen molar-refractivity contribution in [3.63, 3.8) is 0 Å². The molecule has 0 heterocycles. The number of amides is 1. The molecule has 0 aromatic rings. The molecule has 2 saturated carbocycles. The van der Waals surface area contributed by atoms with Crippen LogP contribution in [0.5, 0.6) is 0 Å². The van der Waals surface area contributed by atoms with Gasteiger partial charge in [0.2, 0.25) is 5.91 Å². The summed E-state index contributed by atoms with van der Waals surface area (Å²) in [5, 5.41) is 17.9. The summed E-state index contributed by atoms with van der Waals surface area (Å²) >= 11 is 0.